The summed E-state index contributed by atoms with van der Waals surface area (Å²) in [6.07, 6.45) is -1.27. The van der Waals surface area contributed by atoms with Gasteiger partial charge < -0.3 is 37.0 Å². The molecule has 0 aliphatic carbocycles. The van der Waals surface area contributed by atoms with Crippen LogP contribution in [0.2, 0.25) is 0 Å². The molecule has 4 atom stereocenters. The summed E-state index contributed by atoms with van der Waals surface area (Å²) < 4.78 is 0. The molecule has 3 amide bonds. The smallest absolute Gasteiger partial charge is 0.326 e. The number of carbonyl (C=O) groups excluding carboxylic acids is 3. The molecule has 0 aliphatic heterocycles. The first-order chi connectivity index (χ1) is 14.3. The molecule has 176 valence electrons. The molecule has 31 heavy (non-hydrogen) atoms. The predicted octanol–water partition coefficient (Wildman–Crippen LogP) is -1.74. The lowest BCUT2D eigenvalue weighted by atomic mass is 10.0. The molecule has 0 aromatic heterocycles. The highest BCUT2D eigenvalue weighted by Crippen LogP contribution is 2.05. The van der Waals surface area contributed by atoms with Crippen molar-refractivity contribution in [1.29, 1.82) is 0 Å². The molecule has 0 fully saturated rings. The van der Waals surface area contributed by atoms with Crippen molar-refractivity contribution in [1.82, 2.24) is 16.0 Å². The third-order valence-electron chi connectivity index (χ3n) is 4.27. The van der Waals surface area contributed by atoms with Crippen molar-refractivity contribution in [2.24, 2.45) is 11.7 Å². The Labute approximate surface area is 178 Å². The first kappa shape index (κ1) is 27.8. The lowest BCUT2D eigenvalue weighted by Crippen LogP contribution is -2.57. The van der Waals surface area contributed by atoms with Gasteiger partial charge in [0.15, 0.2) is 0 Å². The Morgan fingerprint density at radius 2 is 1.26 bits per heavy atom. The van der Waals surface area contributed by atoms with E-state index in [0.717, 1.165) is 0 Å². The summed E-state index contributed by atoms with van der Waals surface area (Å²) in [5.74, 6) is -6.61. The fourth-order valence-electron chi connectivity index (χ4n) is 2.40. The van der Waals surface area contributed by atoms with Crippen LogP contribution in [0.25, 0.3) is 0 Å². The summed E-state index contributed by atoms with van der Waals surface area (Å²) in [7, 11) is 0. The van der Waals surface area contributed by atoms with E-state index in [0.29, 0.717) is 0 Å². The molecule has 13 nitrogen and oxygen atoms in total. The van der Waals surface area contributed by atoms with Gasteiger partial charge in [0, 0.05) is 12.8 Å². The largest absolute Gasteiger partial charge is 0.481 e. The molecular weight excluding hydrogens is 416 g/mol. The van der Waals surface area contributed by atoms with Gasteiger partial charge in [-0.05, 0) is 25.7 Å². The van der Waals surface area contributed by atoms with Crippen molar-refractivity contribution in [2.45, 2.75) is 70.6 Å². The molecule has 0 radical (unpaired) electrons. The monoisotopic (exact) mass is 446 g/mol. The van der Waals surface area contributed by atoms with Crippen LogP contribution in [0.1, 0.15) is 46.5 Å². The molecule has 0 heterocycles. The maximum Gasteiger partial charge on any atom is 0.326 e. The van der Waals surface area contributed by atoms with Crippen LogP contribution in [0, 0.1) is 5.92 Å². The number of nitrogens with two attached hydrogens (primary N) is 1. The topological polar surface area (TPSA) is 225 Å². The second-order valence-corrected chi connectivity index (χ2v) is 7.33. The Kier molecular flexibility index (Phi) is 11.8. The summed E-state index contributed by atoms with van der Waals surface area (Å²) in [5.41, 5.74) is 5.56. The summed E-state index contributed by atoms with van der Waals surface area (Å²) in [4.78, 5) is 69.5. The maximum atomic E-state index is 12.5. The summed E-state index contributed by atoms with van der Waals surface area (Å²) in [6, 6.07) is -4.95. The number of carboxylic acids is 3. The van der Waals surface area contributed by atoms with Gasteiger partial charge in [0.05, 0.1) is 6.04 Å². The van der Waals surface area contributed by atoms with Crippen molar-refractivity contribution < 1.29 is 44.1 Å². The van der Waals surface area contributed by atoms with Crippen LogP contribution in [-0.4, -0.2) is 75.1 Å². The molecule has 0 aromatic carbocycles. The third-order valence-corrected chi connectivity index (χ3v) is 4.27. The highest BCUT2D eigenvalue weighted by atomic mass is 16.4. The average molecular weight is 446 g/mol. The maximum absolute atomic E-state index is 12.5. The minimum atomic E-state index is -1.36. The average Bonchev–Trinajstić information content (AvgIpc) is 2.65. The van der Waals surface area contributed by atoms with E-state index < -0.39 is 72.1 Å². The standard InChI is InChI=1S/C18H30N4O9/c1-8(2)14(18(30)31)22-17(29)11(5-7-13(25)26)21-15(27)9(3)20-16(28)10(19)4-6-12(23)24/h8-11,14H,4-7,19H2,1-3H3,(H,20,28)(H,21,27)(H,22,29)(H,23,24)(H,25,26)(H,30,31). The van der Waals surface area contributed by atoms with E-state index in [-0.39, 0.29) is 19.3 Å². The van der Waals surface area contributed by atoms with E-state index in [4.69, 9.17) is 15.9 Å². The first-order valence-corrected chi connectivity index (χ1v) is 9.59. The van der Waals surface area contributed by atoms with E-state index in [1.807, 2.05) is 0 Å². The fraction of sp³-hybridized carbons (Fsp3) is 0.667. The third kappa shape index (κ3) is 10.9. The number of aliphatic carboxylic acids is 3. The van der Waals surface area contributed by atoms with Crippen molar-refractivity contribution in [3.05, 3.63) is 0 Å². The predicted molar refractivity (Wildman–Crippen MR) is 106 cm³/mol. The van der Waals surface area contributed by atoms with Gasteiger partial charge in [-0.15, -0.1) is 0 Å². The summed E-state index contributed by atoms with van der Waals surface area (Å²) in [5, 5.41) is 33.5. The summed E-state index contributed by atoms with van der Waals surface area (Å²) >= 11 is 0. The SMILES string of the molecule is CC(NC(=O)C(N)CCC(=O)O)C(=O)NC(CCC(=O)O)C(=O)NC(C(=O)O)C(C)C. The van der Waals surface area contributed by atoms with Crippen molar-refractivity contribution in [2.75, 3.05) is 0 Å². The number of hydrogen-bond donors (Lipinski definition) is 7. The minimum absolute atomic E-state index is 0.148. The Balaban J connectivity index is 5.12. The molecule has 8 N–H and O–H groups in total. The minimum Gasteiger partial charge on any atom is -0.481 e. The number of nitrogens with one attached hydrogen (secondary N) is 3. The molecule has 0 aromatic rings. The zero-order valence-electron chi connectivity index (χ0n) is 17.6. The van der Waals surface area contributed by atoms with Gasteiger partial charge in [0.25, 0.3) is 0 Å². The van der Waals surface area contributed by atoms with Gasteiger partial charge in [-0.1, -0.05) is 13.8 Å². The number of carboxylic acid groups (broad SMARTS) is 3. The van der Waals surface area contributed by atoms with Crippen LogP contribution in [0.4, 0.5) is 0 Å². The lowest BCUT2D eigenvalue weighted by Gasteiger charge is -2.24. The first-order valence-electron chi connectivity index (χ1n) is 9.59. The van der Waals surface area contributed by atoms with E-state index in [1.165, 1.54) is 6.92 Å². The lowest BCUT2D eigenvalue weighted by molar-refractivity contribution is -0.144. The van der Waals surface area contributed by atoms with Gasteiger partial charge in [-0.3, -0.25) is 24.0 Å². The number of carbonyl (C=O) groups is 6. The second kappa shape index (κ2) is 13.2. The van der Waals surface area contributed by atoms with Crippen LogP contribution < -0.4 is 21.7 Å². The Morgan fingerprint density at radius 1 is 0.742 bits per heavy atom. The molecule has 0 spiro atoms. The summed E-state index contributed by atoms with van der Waals surface area (Å²) in [6.45, 7) is 4.42. The Hall–Kier alpha value is -3.22. The molecular formula is C18H30N4O9. The molecule has 0 bridgehead atoms. The number of hydrogen-bond acceptors (Lipinski definition) is 7. The van der Waals surface area contributed by atoms with Crippen LogP contribution in [-0.2, 0) is 28.8 Å². The normalized spacial score (nSPS) is 14.6. The van der Waals surface area contributed by atoms with Crippen LogP contribution in [0.5, 0.6) is 0 Å². The van der Waals surface area contributed by atoms with E-state index >= 15 is 0 Å². The zero-order chi connectivity index (χ0) is 24.3. The van der Waals surface area contributed by atoms with Gasteiger partial charge in [0.2, 0.25) is 17.7 Å². The Bertz CT molecular complexity index is 696. The molecule has 4 unspecified atom stereocenters. The number of amides is 3. The van der Waals surface area contributed by atoms with Gasteiger partial charge >= 0.3 is 17.9 Å². The highest BCUT2D eigenvalue weighted by molar-refractivity contribution is 5.94. The number of rotatable bonds is 14. The van der Waals surface area contributed by atoms with Crippen LogP contribution >= 0.6 is 0 Å². The molecule has 0 aliphatic rings. The van der Waals surface area contributed by atoms with Crippen LogP contribution in [0.3, 0.4) is 0 Å². The molecule has 0 saturated carbocycles. The van der Waals surface area contributed by atoms with Crippen LogP contribution in [0.15, 0.2) is 0 Å². The van der Waals surface area contributed by atoms with Gasteiger partial charge in [-0.2, -0.15) is 0 Å². The van der Waals surface area contributed by atoms with Crippen molar-refractivity contribution in [3.8, 4) is 0 Å². The van der Waals surface area contributed by atoms with Gasteiger partial charge in [-0.25, -0.2) is 4.79 Å². The second-order valence-electron chi connectivity index (χ2n) is 7.33. The highest BCUT2D eigenvalue weighted by Gasteiger charge is 2.30. The quantitative estimate of drug-likeness (QED) is 0.159. The van der Waals surface area contributed by atoms with E-state index in [9.17, 15) is 33.9 Å². The molecule has 0 rings (SSSR count). The zero-order valence-corrected chi connectivity index (χ0v) is 17.6. The van der Waals surface area contributed by atoms with Gasteiger partial charge in [0.1, 0.15) is 18.1 Å². The van der Waals surface area contributed by atoms with E-state index in [1.54, 1.807) is 13.8 Å². The van der Waals surface area contributed by atoms with Crippen molar-refractivity contribution >= 4 is 35.6 Å². The Morgan fingerprint density at radius 3 is 1.71 bits per heavy atom. The fourth-order valence-corrected chi connectivity index (χ4v) is 2.40. The molecule has 0 saturated heterocycles. The van der Waals surface area contributed by atoms with E-state index in [2.05, 4.69) is 16.0 Å². The van der Waals surface area contributed by atoms with Crippen molar-refractivity contribution in [3.63, 3.8) is 0 Å². The molecule has 13 heteroatoms.